The third-order valence-electron chi connectivity index (χ3n) is 3.86. The van der Waals surface area contributed by atoms with Gasteiger partial charge in [0.15, 0.2) is 5.82 Å². The van der Waals surface area contributed by atoms with Crippen molar-refractivity contribution in [2.75, 3.05) is 25.9 Å². The molecule has 1 atom stereocenters. The van der Waals surface area contributed by atoms with Crippen LogP contribution in [0.2, 0.25) is 0 Å². The summed E-state index contributed by atoms with van der Waals surface area (Å²) >= 11 is 0. The van der Waals surface area contributed by atoms with Crippen LogP contribution in [0.25, 0.3) is 11.4 Å². The number of likely N-dealkylation sites (tertiary alicyclic amines) is 1. The Kier molecular flexibility index (Phi) is 3.65. The van der Waals surface area contributed by atoms with Gasteiger partial charge in [-0.05, 0) is 44.6 Å². The van der Waals surface area contributed by atoms with Crippen molar-refractivity contribution in [1.82, 2.24) is 14.9 Å². The molecule has 0 amide bonds. The van der Waals surface area contributed by atoms with Crippen molar-refractivity contribution in [2.24, 2.45) is 0 Å². The van der Waals surface area contributed by atoms with Crippen LogP contribution in [0, 0.1) is 0 Å². The predicted octanol–water partition coefficient (Wildman–Crippen LogP) is 2.54. The summed E-state index contributed by atoms with van der Waals surface area (Å²) < 4.78 is 0. The molecule has 1 aliphatic rings. The van der Waals surface area contributed by atoms with Gasteiger partial charge < -0.3 is 10.6 Å². The van der Waals surface area contributed by atoms with Crippen molar-refractivity contribution in [3.05, 3.63) is 42.2 Å². The SMILES string of the molecule is CN1CCCC(c2ccnc(-c3cccc(N)c3)n2)C1. The molecular formula is C16H20N4. The second-order valence-corrected chi connectivity index (χ2v) is 5.53. The van der Waals surface area contributed by atoms with E-state index < -0.39 is 0 Å². The van der Waals surface area contributed by atoms with Crippen molar-refractivity contribution < 1.29 is 0 Å². The molecule has 3 rings (SSSR count). The van der Waals surface area contributed by atoms with Gasteiger partial charge in [0.25, 0.3) is 0 Å². The highest BCUT2D eigenvalue weighted by atomic mass is 15.1. The van der Waals surface area contributed by atoms with E-state index in [0.717, 1.165) is 29.3 Å². The second kappa shape index (κ2) is 5.59. The van der Waals surface area contributed by atoms with Crippen LogP contribution in [0.5, 0.6) is 0 Å². The third-order valence-corrected chi connectivity index (χ3v) is 3.86. The minimum Gasteiger partial charge on any atom is -0.399 e. The average Bonchev–Trinajstić information content (AvgIpc) is 2.47. The molecule has 4 heteroatoms. The number of aromatic nitrogens is 2. The topological polar surface area (TPSA) is 55.0 Å². The summed E-state index contributed by atoms with van der Waals surface area (Å²) in [6.45, 7) is 2.26. The van der Waals surface area contributed by atoms with Gasteiger partial charge in [0.05, 0.1) is 0 Å². The monoisotopic (exact) mass is 268 g/mol. The quantitative estimate of drug-likeness (QED) is 0.850. The van der Waals surface area contributed by atoms with Crippen molar-refractivity contribution in [3.8, 4) is 11.4 Å². The molecular weight excluding hydrogens is 248 g/mol. The first-order chi connectivity index (χ1) is 9.72. The van der Waals surface area contributed by atoms with Crippen LogP contribution in [-0.4, -0.2) is 35.0 Å². The molecule has 2 heterocycles. The van der Waals surface area contributed by atoms with Gasteiger partial charge in [-0.2, -0.15) is 0 Å². The Morgan fingerprint density at radius 3 is 3.00 bits per heavy atom. The van der Waals surface area contributed by atoms with Gasteiger partial charge in [-0.3, -0.25) is 0 Å². The number of hydrogen-bond donors (Lipinski definition) is 1. The number of nitrogens with zero attached hydrogens (tertiary/aromatic N) is 3. The molecule has 1 aromatic carbocycles. The van der Waals surface area contributed by atoms with Gasteiger partial charge in [-0.1, -0.05) is 12.1 Å². The molecule has 0 aliphatic carbocycles. The van der Waals surface area contributed by atoms with Crippen molar-refractivity contribution in [1.29, 1.82) is 0 Å². The number of rotatable bonds is 2. The largest absolute Gasteiger partial charge is 0.399 e. The maximum Gasteiger partial charge on any atom is 0.159 e. The zero-order chi connectivity index (χ0) is 13.9. The fourth-order valence-electron chi connectivity index (χ4n) is 2.82. The summed E-state index contributed by atoms with van der Waals surface area (Å²) in [5.41, 5.74) is 8.70. The van der Waals surface area contributed by atoms with Gasteiger partial charge in [0, 0.05) is 35.6 Å². The lowest BCUT2D eigenvalue weighted by atomic mass is 9.95. The van der Waals surface area contributed by atoms with E-state index in [1.807, 2.05) is 36.5 Å². The van der Waals surface area contributed by atoms with E-state index in [0.29, 0.717) is 5.92 Å². The first-order valence-corrected chi connectivity index (χ1v) is 7.10. The van der Waals surface area contributed by atoms with Gasteiger partial charge in [-0.25, -0.2) is 9.97 Å². The summed E-state index contributed by atoms with van der Waals surface area (Å²) in [7, 11) is 2.17. The summed E-state index contributed by atoms with van der Waals surface area (Å²) in [4.78, 5) is 11.5. The van der Waals surface area contributed by atoms with Gasteiger partial charge >= 0.3 is 0 Å². The van der Waals surface area contributed by atoms with Crippen LogP contribution in [0.3, 0.4) is 0 Å². The fourth-order valence-corrected chi connectivity index (χ4v) is 2.82. The minimum atomic E-state index is 0.511. The van der Waals surface area contributed by atoms with Gasteiger partial charge in [0.1, 0.15) is 0 Å². The van der Waals surface area contributed by atoms with E-state index in [1.165, 1.54) is 19.4 Å². The number of piperidine rings is 1. The maximum absolute atomic E-state index is 5.83. The smallest absolute Gasteiger partial charge is 0.159 e. The van der Waals surface area contributed by atoms with E-state index in [-0.39, 0.29) is 0 Å². The van der Waals surface area contributed by atoms with E-state index in [9.17, 15) is 0 Å². The maximum atomic E-state index is 5.83. The van der Waals surface area contributed by atoms with E-state index in [4.69, 9.17) is 10.7 Å². The molecule has 104 valence electrons. The molecule has 20 heavy (non-hydrogen) atoms. The Morgan fingerprint density at radius 1 is 1.30 bits per heavy atom. The van der Waals surface area contributed by atoms with Crippen LogP contribution in [0.15, 0.2) is 36.5 Å². The van der Waals surface area contributed by atoms with E-state index in [1.54, 1.807) is 0 Å². The number of hydrogen-bond acceptors (Lipinski definition) is 4. The van der Waals surface area contributed by atoms with Gasteiger partial charge in [0.2, 0.25) is 0 Å². The first-order valence-electron chi connectivity index (χ1n) is 7.10. The predicted molar refractivity (Wildman–Crippen MR) is 81.4 cm³/mol. The molecule has 0 bridgehead atoms. The van der Waals surface area contributed by atoms with Crippen molar-refractivity contribution in [2.45, 2.75) is 18.8 Å². The molecule has 2 aromatic rings. The Bertz CT molecular complexity index is 597. The summed E-state index contributed by atoms with van der Waals surface area (Å²) in [5, 5.41) is 0. The zero-order valence-corrected chi connectivity index (χ0v) is 11.8. The highest BCUT2D eigenvalue weighted by Gasteiger charge is 2.20. The molecule has 1 saturated heterocycles. The first kappa shape index (κ1) is 13.1. The van der Waals surface area contributed by atoms with Crippen molar-refractivity contribution in [3.63, 3.8) is 0 Å². The Morgan fingerprint density at radius 2 is 2.20 bits per heavy atom. The lowest BCUT2D eigenvalue weighted by Gasteiger charge is -2.29. The zero-order valence-electron chi connectivity index (χ0n) is 11.8. The lowest BCUT2D eigenvalue weighted by molar-refractivity contribution is 0.248. The number of anilines is 1. The number of nitrogen functional groups attached to an aromatic ring is 1. The van der Waals surface area contributed by atoms with Gasteiger partial charge in [-0.15, -0.1) is 0 Å². The third kappa shape index (κ3) is 2.80. The highest BCUT2D eigenvalue weighted by molar-refractivity contribution is 5.60. The Balaban J connectivity index is 1.89. The molecule has 0 radical (unpaired) electrons. The molecule has 0 spiro atoms. The Hall–Kier alpha value is -1.94. The average molecular weight is 268 g/mol. The summed E-state index contributed by atoms with van der Waals surface area (Å²) in [6.07, 6.45) is 4.30. The van der Waals surface area contributed by atoms with Crippen LogP contribution >= 0.6 is 0 Å². The van der Waals surface area contributed by atoms with Crippen LogP contribution < -0.4 is 5.73 Å². The van der Waals surface area contributed by atoms with E-state index >= 15 is 0 Å². The molecule has 0 saturated carbocycles. The van der Waals surface area contributed by atoms with Crippen LogP contribution in [0.4, 0.5) is 5.69 Å². The van der Waals surface area contributed by atoms with Crippen LogP contribution in [-0.2, 0) is 0 Å². The number of benzene rings is 1. The Labute approximate surface area is 119 Å². The highest BCUT2D eigenvalue weighted by Crippen LogP contribution is 2.26. The standard InChI is InChI=1S/C16H20N4/c1-20-9-3-5-13(11-20)15-7-8-18-16(19-15)12-4-2-6-14(17)10-12/h2,4,6-8,10,13H,3,5,9,11,17H2,1H3. The van der Waals surface area contributed by atoms with E-state index in [2.05, 4.69) is 16.9 Å². The van der Waals surface area contributed by atoms with Crippen LogP contribution in [0.1, 0.15) is 24.5 Å². The lowest BCUT2D eigenvalue weighted by Crippen LogP contribution is -2.31. The molecule has 1 fully saturated rings. The molecule has 4 nitrogen and oxygen atoms in total. The molecule has 1 unspecified atom stereocenters. The molecule has 1 aliphatic heterocycles. The minimum absolute atomic E-state index is 0.511. The number of nitrogens with two attached hydrogens (primary N) is 1. The fraction of sp³-hybridized carbons (Fsp3) is 0.375. The molecule has 1 aromatic heterocycles. The van der Waals surface area contributed by atoms with Crippen molar-refractivity contribution >= 4 is 5.69 Å². The number of likely N-dealkylation sites (N-methyl/N-ethyl adjacent to an activating group) is 1. The normalized spacial score (nSPS) is 19.9. The summed E-state index contributed by atoms with van der Waals surface area (Å²) in [5.74, 6) is 1.28. The second-order valence-electron chi connectivity index (χ2n) is 5.53. The summed E-state index contributed by atoms with van der Waals surface area (Å²) in [6, 6.07) is 9.78. The molecule has 2 N–H and O–H groups in total.